The lowest BCUT2D eigenvalue weighted by atomic mass is 10.0. The molecule has 0 unspecified atom stereocenters. The molecule has 0 bridgehead atoms. The van der Waals surface area contributed by atoms with Crippen LogP contribution in [0.25, 0.3) is 16.9 Å². The van der Waals surface area contributed by atoms with Gasteiger partial charge in [0.05, 0.1) is 17.5 Å². The van der Waals surface area contributed by atoms with Crippen LogP contribution in [0.3, 0.4) is 0 Å². The number of halogens is 3. The monoisotopic (exact) mass is 263 g/mol. The van der Waals surface area contributed by atoms with Gasteiger partial charge in [0.25, 0.3) is 0 Å². The molecule has 0 radical (unpaired) electrons. The van der Waals surface area contributed by atoms with E-state index in [4.69, 9.17) is 0 Å². The summed E-state index contributed by atoms with van der Waals surface area (Å²) in [5.41, 5.74) is 0.167. The molecule has 2 heterocycles. The van der Waals surface area contributed by atoms with Crippen molar-refractivity contribution in [2.75, 3.05) is 0 Å². The Bertz CT molecular complexity index is 731. The molecule has 0 amide bonds. The van der Waals surface area contributed by atoms with Gasteiger partial charge in [0, 0.05) is 17.8 Å². The molecule has 0 saturated carbocycles. The largest absolute Gasteiger partial charge is 0.417 e. The van der Waals surface area contributed by atoms with E-state index in [1.54, 1.807) is 24.5 Å². The van der Waals surface area contributed by atoms with Crippen LogP contribution in [0, 0.1) is 0 Å². The lowest BCUT2D eigenvalue weighted by Gasteiger charge is -2.12. The van der Waals surface area contributed by atoms with Crippen molar-refractivity contribution in [2.45, 2.75) is 6.18 Å². The summed E-state index contributed by atoms with van der Waals surface area (Å²) in [4.78, 5) is 4.18. The van der Waals surface area contributed by atoms with Gasteiger partial charge in [-0.2, -0.15) is 18.3 Å². The van der Waals surface area contributed by atoms with Crippen molar-refractivity contribution in [1.29, 1.82) is 0 Å². The van der Waals surface area contributed by atoms with Crippen molar-refractivity contribution in [3.63, 3.8) is 0 Å². The molecule has 0 saturated heterocycles. The van der Waals surface area contributed by atoms with E-state index >= 15 is 0 Å². The van der Waals surface area contributed by atoms with Crippen LogP contribution in [0.1, 0.15) is 5.56 Å². The third kappa shape index (κ3) is 2.05. The minimum atomic E-state index is -4.40. The highest BCUT2D eigenvalue weighted by Crippen LogP contribution is 2.36. The Morgan fingerprint density at radius 3 is 2.58 bits per heavy atom. The standard InChI is InChI=1S/C13H8F3N3/c14-13(15,16)10-4-2-1-3-9(10)11-6-8-19-12(18-11)5-7-17-19/h1-8H. The fraction of sp³-hybridized carbons (Fsp3) is 0.0769. The summed E-state index contributed by atoms with van der Waals surface area (Å²) < 4.78 is 40.3. The Hall–Kier alpha value is -2.37. The third-order valence-electron chi connectivity index (χ3n) is 2.77. The Kier molecular flexibility index (Phi) is 2.51. The van der Waals surface area contributed by atoms with E-state index < -0.39 is 11.7 Å². The van der Waals surface area contributed by atoms with Gasteiger partial charge in [-0.25, -0.2) is 9.50 Å². The predicted octanol–water partition coefficient (Wildman–Crippen LogP) is 3.42. The van der Waals surface area contributed by atoms with Crippen molar-refractivity contribution in [1.82, 2.24) is 14.6 Å². The minimum absolute atomic E-state index is 0.0682. The number of rotatable bonds is 1. The van der Waals surface area contributed by atoms with Crippen LogP contribution in [-0.4, -0.2) is 14.6 Å². The average molecular weight is 263 g/mol. The van der Waals surface area contributed by atoms with E-state index in [2.05, 4.69) is 10.1 Å². The summed E-state index contributed by atoms with van der Waals surface area (Å²) in [6, 6.07) is 8.55. The van der Waals surface area contributed by atoms with Crippen LogP contribution in [0.5, 0.6) is 0 Å². The van der Waals surface area contributed by atoms with Crippen LogP contribution < -0.4 is 0 Å². The Morgan fingerprint density at radius 1 is 1.00 bits per heavy atom. The maximum Gasteiger partial charge on any atom is 0.417 e. The first kappa shape index (κ1) is 11.7. The zero-order chi connectivity index (χ0) is 13.5. The highest BCUT2D eigenvalue weighted by Gasteiger charge is 2.33. The molecule has 6 heteroatoms. The van der Waals surface area contributed by atoms with Gasteiger partial charge in [0.2, 0.25) is 0 Å². The number of alkyl halides is 3. The molecule has 3 rings (SSSR count). The molecule has 0 aliphatic rings. The molecular weight excluding hydrogens is 255 g/mol. The van der Waals surface area contributed by atoms with Crippen LogP contribution in [0.2, 0.25) is 0 Å². The lowest BCUT2D eigenvalue weighted by Crippen LogP contribution is -2.07. The summed E-state index contributed by atoms with van der Waals surface area (Å²) in [7, 11) is 0. The predicted molar refractivity (Wildman–Crippen MR) is 63.4 cm³/mol. The maximum absolute atomic E-state index is 12.9. The van der Waals surface area contributed by atoms with Crippen LogP contribution in [0.15, 0.2) is 48.8 Å². The molecule has 0 fully saturated rings. The maximum atomic E-state index is 12.9. The van der Waals surface area contributed by atoms with Crippen LogP contribution >= 0.6 is 0 Å². The summed E-state index contributed by atoms with van der Waals surface area (Å²) in [5.74, 6) is 0. The highest BCUT2D eigenvalue weighted by molar-refractivity contribution is 5.66. The van der Waals surface area contributed by atoms with Crippen molar-refractivity contribution >= 4 is 5.65 Å². The SMILES string of the molecule is FC(F)(F)c1ccccc1-c1ccn2nccc2n1. The van der Waals surface area contributed by atoms with E-state index in [9.17, 15) is 13.2 Å². The first-order valence-electron chi connectivity index (χ1n) is 5.53. The smallest absolute Gasteiger partial charge is 0.229 e. The van der Waals surface area contributed by atoms with E-state index in [1.807, 2.05) is 0 Å². The van der Waals surface area contributed by atoms with E-state index in [-0.39, 0.29) is 11.3 Å². The third-order valence-corrected chi connectivity index (χ3v) is 2.77. The van der Waals surface area contributed by atoms with Gasteiger partial charge >= 0.3 is 6.18 Å². The molecule has 1 aromatic carbocycles. The van der Waals surface area contributed by atoms with Crippen molar-refractivity contribution in [3.8, 4) is 11.3 Å². The summed E-state index contributed by atoms with van der Waals surface area (Å²) in [6.45, 7) is 0. The number of fused-ring (bicyclic) bond motifs is 1. The molecular formula is C13H8F3N3. The normalized spacial score (nSPS) is 11.9. The molecule has 3 nitrogen and oxygen atoms in total. The fourth-order valence-electron chi connectivity index (χ4n) is 1.92. The highest BCUT2D eigenvalue weighted by atomic mass is 19.4. The lowest BCUT2D eigenvalue weighted by molar-refractivity contribution is -0.137. The van der Waals surface area contributed by atoms with Gasteiger partial charge in [0.1, 0.15) is 0 Å². The summed E-state index contributed by atoms with van der Waals surface area (Å²) >= 11 is 0. The van der Waals surface area contributed by atoms with E-state index in [0.29, 0.717) is 5.65 Å². The summed E-state index contributed by atoms with van der Waals surface area (Å²) in [6.07, 6.45) is -1.27. The van der Waals surface area contributed by atoms with Gasteiger partial charge in [-0.3, -0.25) is 0 Å². The number of aromatic nitrogens is 3. The second kappa shape index (κ2) is 4.08. The molecule has 19 heavy (non-hydrogen) atoms. The average Bonchev–Trinajstić information content (AvgIpc) is 2.85. The number of benzene rings is 1. The van der Waals surface area contributed by atoms with Crippen molar-refractivity contribution in [3.05, 3.63) is 54.4 Å². The Labute approximate surface area is 106 Å². The number of hydrogen-bond acceptors (Lipinski definition) is 2. The van der Waals surface area contributed by atoms with Gasteiger partial charge in [-0.05, 0) is 12.1 Å². The Morgan fingerprint density at radius 2 is 1.79 bits per heavy atom. The Balaban J connectivity index is 2.21. The molecule has 3 aromatic rings. The van der Waals surface area contributed by atoms with Gasteiger partial charge in [-0.15, -0.1) is 0 Å². The second-order valence-electron chi connectivity index (χ2n) is 3.99. The minimum Gasteiger partial charge on any atom is -0.229 e. The van der Waals surface area contributed by atoms with Gasteiger partial charge in [-0.1, -0.05) is 18.2 Å². The topological polar surface area (TPSA) is 30.2 Å². The molecule has 0 aliphatic carbocycles. The van der Waals surface area contributed by atoms with Gasteiger partial charge < -0.3 is 0 Å². The van der Waals surface area contributed by atoms with Crippen LogP contribution in [0.4, 0.5) is 13.2 Å². The van der Waals surface area contributed by atoms with Crippen molar-refractivity contribution < 1.29 is 13.2 Å². The fourth-order valence-corrected chi connectivity index (χ4v) is 1.92. The molecule has 0 aliphatic heterocycles. The molecule has 96 valence electrons. The first-order valence-corrected chi connectivity index (χ1v) is 5.53. The molecule has 0 N–H and O–H groups in total. The molecule has 0 spiro atoms. The zero-order valence-corrected chi connectivity index (χ0v) is 9.59. The van der Waals surface area contributed by atoms with E-state index in [0.717, 1.165) is 6.07 Å². The molecule has 0 atom stereocenters. The number of hydrogen-bond donors (Lipinski definition) is 0. The zero-order valence-electron chi connectivity index (χ0n) is 9.59. The second-order valence-corrected chi connectivity index (χ2v) is 3.99. The van der Waals surface area contributed by atoms with Crippen molar-refractivity contribution in [2.24, 2.45) is 0 Å². The van der Waals surface area contributed by atoms with Crippen LogP contribution in [-0.2, 0) is 6.18 Å². The molecule has 2 aromatic heterocycles. The first-order chi connectivity index (χ1) is 9.05. The quantitative estimate of drug-likeness (QED) is 0.673. The summed E-state index contributed by atoms with van der Waals surface area (Å²) in [5, 5.41) is 3.96. The van der Waals surface area contributed by atoms with E-state index in [1.165, 1.54) is 22.7 Å². The van der Waals surface area contributed by atoms with Gasteiger partial charge in [0.15, 0.2) is 5.65 Å². The number of nitrogens with zero attached hydrogens (tertiary/aromatic N) is 3.